The van der Waals surface area contributed by atoms with Gasteiger partial charge in [-0.1, -0.05) is 11.5 Å². The van der Waals surface area contributed by atoms with Crippen molar-refractivity contribution < 1.29 is 0 Å². The molecule has 0 saturated heterocycles. The molecule has 2 nitrogen and oxygen atoms in total. The minimum Gasteiger partial charge on any atom is -0.366 e. The van der Waals surface area contributed by atoms with Gasteiger partial charge in [-0.2, -0.15) is 0 Å². The molecule has 11 heavy (non-hydrogen) atoms. The number of fused-ring (bicyclic) bond motifs is 1. The molecule has 0 unspecified atom stereocenters. The monoisotopic (exact) mass is 144 g/mol. The van der Waals surface area contributed by atoms with Crippen LogP contribution < -0.4 is 15.7 Å². The first-order valence-corrected chi connectivity index (χ1v) is 3.62. The van der Waals surface area contributed by atoms with Crippen LogP contribution in [0.2, 0.25) is 0 Å². The lowest BCUT2D eigenvalue weighted by Crippen LogP contribution is -2.16. The van der Waals surface area contributed by atoms with Crippen molar-refractivity contribution in [2.45, 2.75) is 0 Å². The van der Waals surface area contributed by atoms with E-state index in [2.05, 4.69) is 10.2 Å². The van der Waals surface area contributed by atoms with E-state index in [0.29, 0.717) is 0 Å². The molecule has 0 atom stereocenters. The molecule has 1 aliphatic rings. The maximum Gasteiger partial charge on any atom is 0.113 e. The van der Waals surface area contributed by atoms with Crippen LogP contribution in [0.4, 0.5) is 11.4 Å². The van der Waals surface area contributed by atoms with Gasteiger partial charge in [0.1, 0.15) is 7.85 Å². The Morgan fingerprint density at radius 3 is 3.18 bits per heavy atom. The fourth-order valence-electron chi connectivity index (χ4n) is 1.30. The molecule has 0 aromatic heterocycles. The van der Waals surface area contributed by atoms with E-state index >= 15 is 0 Å². The zero-order chi connectivity index (χ0) is 7.84. The zero-order valence-corrected chi connectivity index (χ0v) is 6.46. The van der Waals surface area contributed by atoms with Crippen LogP contribution in [-0.2, 0) is 0 Å². The minimum atomic E-state index is 0.819. The topological polar surface area (TPSA) is 15.3 Å². The lowest BCUT2D eigenvalue weighted by atomic mass is 9.95. The molecule has 1 aromatic carbocycles. The van der Waals surface area contributed by atoms with E-state index in [1.54, 1.807) is 0 Å². The second-order valence-electron chi connectivity index (χ2n) is 2.81. The van der Waals surface area contributed by atoms with Crippen LogP contribution in [-0.4, -0.2) is 21.6 Å². The van der Waals surface area contributed by atoms with E-state index in [1.807, 2.05) is 25.2 Å². The van der Waals surface area contributed by atoms with Crippen LogP contribution in [0, 0.1) is 0 Å². The summed E-state index contributed by atoms with van der Waals surface area (Å²) in [6.07, 6.45) is 0. The van der Waals surface area contributed by atoms with Gasteiger partial charge >= 0.3 is 0 Å². The molecule has 0 amide bonds. The van der Waals surface area contributed by atoms with Crippen LogP contribution in [0.25, 0.3) is 0 Å². The third-order valence-corrected chi connectivity index (χ3v) is 1.94. The molecule has 3 heteroatoms. The normalized spacial score (nSPS) is 14.5. The van der Waals surface area contributed by atoms with Crippen molar-refractivity contribution in [2.75, 3.05) is 23.9 Å². The predicted molar refractivity (Wildman–Crippen MR) is 48.7 cm³/mol. The molecule has 0 aliphatic carbocycles. The van der Waals surface area contributed by atoms with Crippen molar-refractivity contribution in [2.24, 2.45) is 0 Å². The van der Waals surface area contributed by atoms with E-state index < -0.39 is 0 Å². The SMILES string of the molecule is [B]c1ccc2c(c1)N(C)CN2. The molecule has 0 bridgehead atoms. The van der Waals surface area contributed by atoms with Crippen LogP contribution in [0.5, 0.6) is 0 Å². The number of hydrogen-bond donors (Lipinski definition) is 1. The molecule has 0 spiro atoms. The summed E-state index contributed by atoms with van der Waals surface area (Å²) in [7, 11) is 7.68. The van der Waals surface area contributed by atoms with Crippen LogP contribution in [0.3, 0.4) is 0 Å². The molecular weight excluding hydrogens is 135 g/mol. The average Bonchev–Trinajstić information content (AvgIpc) is 2.33. The molecule has 2 radical (unpaired) electrons. The summed E-state index contributed by atoms with van der Waals surface area (Å²) < 4.78 is 0. The highest BCUT2D eigenvalue weighted by Gasteiger charge is 2.13. The molecule has 1 aliphatic heterocycles. The highest BCUT2D eigenvalue weighted by Crippen LogP contribution is 2.27. The summed E-state index contributed by atoms with van der Waals surface area (Å²) >= 11 is 0. The smallest absolute Gasteiger partial charge is 0.113 e. The van der Waals surface area contributed by atoms with Gasteiger partial charge in [0.2, 0.25) is 0 Å². The molecule has 2 rings (SSSR count). The van der Waals surface area contributed by atoms with Gasteiger partial charge in [0.25, 0.3) is 0 Å². The highest BCUT2D eigenvalue weighted by molar-refractivity contribution is 6.32. The summed E-state index contributed by atoms with van der Waals surface area (Å²) in [6, 6.07) is 5.90. The Morgan fingerprint density at radius 2 is 2.36 bits per heavy atom. The van der Waals surface area contributed by atoms with Crippen molar-refractivity contribution in [3.63, 3.8) is 0 Å². The van der Waals surface area contributed by atoms with Crippen molar-refractivity contribution >= 4 is 24.7 Å². The van der Waals surface area contributed by atoms with Gasteiger partial charge in [0.15, 0.2) is 0 Å². The number of anilines is 2. The van der Waals surface area contributed by atoms with Crippen LogP contribution in [0.1, 0.15) is 0 Å². The number of nitrogens with one attached hydrogen (secondary N) is 1. The summed E-state index contributed by atoms with van der Waals surface area (Å²) in [5.74, 6) is 0. The maximum atomic E-state index is 5.64. The maximum absolute atomic E-state index is 5.64. The Balaban J connectivity index is 2.52. The summed E-state index contributed by atoms with van der Waals surface area (Å²) in [5, 5.41) is 3.25. The van der Waals surface area contributed by atoms with Gasteiger partial charge in [-0.05, 0) is 12.1 Å². The van der Waals surface area contributed by atoms with Crippen molar-refractivity contribution in [1.82, 2.24) is 0 Å². The van der Waals surface area contributed by atoms with Crippen LogP contribution >= 0.6 is 0 Å². The molecule has 54 valence electrons. The lowest BCUT2D eigenvalue weighted by molar-refractivity contribution is 1.03. The Morgan fingerprint density at radius 1 is 1.55 bits per heavy atom. The number of nitrogens with zero attached hydrogens (tertiary/aromatic N) is 1. The Hall–Kier alpha value is -1.12. The first-order chi connectivity index (χ1) is 5.27. The van der Waals surface area contributed by atoms with Gasteiger partial charge in [0.05, 0.1) is 18.0 Å². The Kier molecular flexibility index (Phi) is 1.31. The Bertz CT molecular complexity index is 285. The van der Waals surface area contributed by atoms with Gasteiger partial charge in [-0.15, -0.1) is 0 Å². The molecule has 1 aromatic rings. The van der Waals surface area contributed by atoms with Gasteiger partial charge in [-0.3, -0.25) is 0 Å². The fraction of sp³-hybridized carbons (Fsp3) is 0.250. The van der Waals surface area contributed by atoms with E-state index in [-0.39, 0.29) is 0 Å². The van der Waals surface area contributed by atoms with Crippen molar-refractivity contribution in [3.05, 3.63) is 18.2 Å². The fourth-order valence-corrected chi connectivity index (χ4v) is 1.30. The Labute approximate surface area is 67.6 Å². The van der Waals surface area contributed by atoms with E-state index in [9.17, 15) is 0 Å². The highest BCUT2D eigenvalue weighted by atomic mass is 15.3. The predicted octanol–water partition coefficient (Wildman–Crippen LogP) is 0.300. The summed E-state index contributed by atoms with van der Waals surface area (Å²) in [6.45, 7) is 0.874. The number of rotatable bonds is 0. The molecular formula is C8H9BN2. The summed E-state index contributed by atoms with van der Waals surface area (Å²) in [5.41, 5.74) is 3.17. The molecule has 0 fully saturated rings. The number of hydrogen-bond acceptors (Lipinski definition) is 2. The third kappa shape index (κ3) is 0.966. The van der Waals surface area contributed by atoms with Gasteiger partial charge < -0.3 is 10.2 Å². The zero-order valence-electron chi connectivity index (χ0n) is 6.46. The second-order valence-corrected chi connectivity index (χ2v) is 2.81. The quantitative estimate of drug-likeness (QED) is 0.526. The number of benzene rings is 1. The lowest BCUT2D eigenvalue weighted by Gasteiger charge is -2.09. The van der Waals surface area contributed by atoms with E-state index in [1.165, 1.54) is 11.4 Å². The minimum absolute atomic E-state index is 0.819. The first kappa shape index (κ1) is 6.59. The average molecular weight is 144 g/mol. The second kappa shape index (κ2) is 2.19. The third-order valence-electron chi connectivity index (χ3n) is 1.94. The largest absolute Gasteiger partial charge is 0.366 e. The van der Waals surface area contributed by atoms with E-state index in [4.69, 9.17) is 7.85 Å². The van der Waals surface area contributed by atoms with E-state index in [0.717, 1.165) is 12.1 Å². The molecule has 1 N–H and O–H groups in total. The molecule has 0 saturated carbocycles. The van der Waals surface area contributed by atoms with Crippen molar-refractivity contribution in [3.8, 4) is 0 Å². The standard InChI is InChI=1S/C8H9BN2/c1-11-5-10-7-3-2-6(9)4-8(7)11/h2-4,10H,5H2,1H3. The van der Waals surface area contributed by atoms with Crippen molar-refractivity contribution in [1.29, 1.82) is 0 Å². The van der Waals surface area contributed by atoms with Gasteiger partial charge in [0, 0.05) is 7.05 Å². The van der Waals surface area contributed by atoms with Gasteiger partial charge in [-0.25, -0.2) is 0 Å². The molecule has 1 heterocycles. The summed E-state index contributed by atoms with van der Waals surface area (Å²) in [4.78, 5) is 2.13. The first-order valence-electron chi connectivity index (χ1n) is 3.62. The van der Waals surface area contributed by atoms with Crippen LogP contribution in [0.15, 0.2) is 18.2 Å².